The van der Waals surface area contributed by atoms with Gasteiger partial charge in [0.15, 0.2) is 0 Å². The minimum Gasteiger partial charge on any atom is -0.493 e. The second-order valence-corrected chi connectivity index (χ2v) is 7.66. The summed E-state index contributed by atoms with van der Waals surface area (Å²) in [4.78, 5) is 2.59. The van der Waals surface area contributed by atoms with E-state index in [9.17, 15) is 0 Å². The van der Waals surface area contributed by atoms with Crippen molar-refractivity contribution in [3.8, 4) is 5.75 Å². The van der Waals surface area contributed by atoms with Crippen molar-refractivity contribution in [2.45, 2.75) is 45.4 Å². The summed E-state index contributed by atoms with van der Waals surface area (Å²) in [5.74, 6) is 1.04. The Morgan fingerprint density at radius 3 is 2.35 bits per heavy atom. The lowest BCUT2D eigenvalue weighted by Gasteiger charge is -2.48. The third-order valence-corrected chi connectivity index (χ3v) is 5.12. The Morgan fingerprint density at radius 2 is 1.75 bits per heavy atom. The first-order valence-corrected chi connectivity index (χ1v) is 7.93. The van der Waals surface area contributed by atoms with Gasteiger partial charge in [0.05, 0.1) is 6.61 Å². The van der Waals surface area contributed by atoms with Gasteiger partial charge in [-0.3, -0.25) is 0 Å². The molecular weight excluding hydrogens is 246 g/mol. The van der Waals surface area contributed by atoms with Crippen molar-refractivity contribution in [2.24, 2.45) is 5.41 Å². The molecule has 1 aromatic rings. The molecule has 0 radical (unpaired) electrons. The average molecular weight is 273 g/mol. The summed E-state index contributed by atoms with van der Waals surface area (Å²) < 4.78 is 6.18. The van der Waals surface area contributed by atoms with Gasteiger partial charge < -0.3 is 9.64 Å². The van der Waals surface area contributed by atoms with Crippen molar-refractivity contribution in [2.75, 3.05) is 26.2 Å². The summed E-state index contributed by atoms with van der Waals surface area (Å²) in [7, 11) is 0. The third kappa shape index (κ3) is 2.85. The SMILES string of the molecule is CC(C)(C)c1cccc(OCC23CCN(CC2)CC3)c1. The fourth-order valence-corrected chi connectivity index (χ4v) is 3.40. The number of hydrogen-bond donors (Lipinski definition) is 0. The first-order chi connectivity index (χ1) is 9.47. The van der Waals surface area contributed by atoms with Crippen LogP contribution in [0.15, 0.2) is 24.3 Å². The summed E-state index contributed by atoms with van der Waals surface area (Å²) in [6.07, 6.45) is 3.93. The molecule has 0 aromatic heterocycles. The molecule has 0 saturated carbocycles. The van der Waals surface area contributed by atoms with Gasteiger partial charge in [-0.15, -0.1) is 0 Å². The molecule has 4 rings (SSSR count). The number of piperidine rings is 3. The second-order valence-electron chi connectivity index (χ2n) is 7.66. The molecule has 0 spiro atoms. The van der Waals surface area contributed by atoms with Gasteiger partial charge in [-0.2, -0.15) is 0 Å². The van der Waals surface area contributed by atoms with Crippen molar-refractivity contribution in [3.05, 3.63) is 29.8 Å². The van der Waals surface area contributed by atoms with Gasteiger partial charge in [0, 0.05) is 5.41 Å². The van der Waals surface area contributed by atoms with Gasteiger partial charge in [0.1, 0.15) is 5.75 Å². The van der Waals surface area contributed by atoms with E-state index in [2.05, 4.69) is 49.9 Å². The molecule has 0 amide bonds. The molecule has 2 bridgehead atoms. The summed E-state index contributed by atoms with van der Waals surface area (Å²) >= 11 is 0. The van der Waals surface area contributed by atoms with Crippen molar-refractivity contribution in [1.82, 2.24) is 4.90 Å². The van der Waals surface area contributed by atoms with Crippen LogP contribution in [0.4, 0.5) is 0 Å². The van der Waals surface area contributed by atoms with Crippen molar-refractivity contribution in [3.63, 3.8) is 0 Å². The molecular formula is C18H27NO. The summed E-state index contributed by atoms with van der Waals surface area (Å²) in [5, 5.41) is 0. The Bertz CT molecular complexity index is 453. The quantitative estimate of drug-likeness (QED) is 0.829. The van der Waals surface area contributed by atoms with Gasteiger partial charge in [0.25, 0.3) is 0 Å². The summed E-state index contributed by atoms with van der Waals surface area (Å²) in [6, 6.07) is 8.64. The van der Waals surface area contributed by atoms with E-state index < -0.39 is 0 Å². The lowest BCUT2D eigenvalue weighted by atomic mass is 9.73. The molecule has 110 valence electrons. The van der Waals surface area contributed by atoms with Gasteiger partial charge in [0.2, 0.25) is 0 Å². The van der Waals surface area contributed by atoms with Crippen LogP contribution in [0, 0.1) is 5.41 Å². The van der Waals surface area contributed by atoms with Crippen LogP contribution in [0.5, 0.6) is 5.75 Å². The number of fused-ring (bicyclic) bond motifs is 3. The number of nitrogens with zero attached hydrogens (tertiary/aromatic N) is 1. The molecule has 0 atom stereocenters. The maximum atomic E-state index is 6.18. The first-order valence-electron chi connectivity index (χ1n) is 7.93. The molecule has 0 unspecified atom stereocenters. The molecule has 20 heavy (non-hydrogen) atoms. The zero-order valence-corrected chi connectivity index (χ0v) is 13.1. The molecule has 1 aromatic carbocycles. The molecule has 3 aliphatic rings. The number of rotatable bonds is 3. The minimum atomic E-state index is 0.188. The molecule has 0 N–H and O–H groups in total. The van der Waals surface area contributed by atoms with Crippen LogP contribution in [0.3, 0.4) is 0 Å². The Kier molecular flexibility index (Phi) is 3.53. The largest absolute Gasteiger partial charge is 0.493 e. The van der Waals surface area contributed by atoms with Gasteiger partial charge in [-0.25, -0.2) is 0 Å². The van der Waals surface area contributed by atoms with Crippen molar-refractivity contribution >= 4 is 0 Å². The highest BCUT2D eigenvalue weighted by Gasteiger charge is 2.39. The number of ether oxygens (including phenoxy) is 1. The van der Waals surface area contributed by atoms with Gasteiger partial charge in [-0.05, 0) is 62.0 Å². The summed E-state index contributed by atoms with van der Waals surface area (Å²) in [5.41, 5.74) is 1.99. The van der Waals surface area contributed by atoms with Crippen LogP contribution in [0.25, 0.3) is 0 Å². The Labute approximate surface area is 123 Å². The van der Waals surface area contributed by atoms with Crippen LogP contribution in [-0.4, -0.2) is 31.1 Å². The zero-order chi connectivity index (χ0) is 14.2. The maximum Gasteiger partial charge on any atom is 0.119 e. The molecule has 0 aliphatic carbocycles. The lowest BCUT2D eigenvalue weighted by molar-refractivity contribution is -0.00769. The van der Waals surface area contributed by atoms with Crippen LogP contribution < -0.4 is 4.74 Å². The number of benzene rings is 1. The van der Waals surface area contributed by atoms with Crippen LogP contribution >= 0.6 is 0 Å². The zero-order valence-electron chi connectivity index (χ0n) is 13.1. The van der Waals surface area contributed by atoms with E-state index in [1.54, 1.807) is 0 Å². The third-order valence-electron chi connectivity index (χ3n) is 5.12. The van der Waals surface area contributed by atoms with Gasteiger partial charge in [-0.1, -0.05) is 32.9 Å². The monoisotopic (exact) mass is 273 g/mol. The molecule has 3 aliphatic heterocycles. The Morgan fingerprint density at radius 1 is 1.10 bits per heavy atom. The van der Waals surface area contributed by atoms with E-state index in [4.69, 9.17) is 4.74 Å². The smallest absolute Gasteiger partial charge is 0.119 e. The van der Waals surface area contributed by atoms with Crippen molar-refractivity contribution in [1.29, 1.82) is 0 Å². The topological polar surface area (TPSA) is 12.5 Å². The first kappa shape index (κ1) is 13.9. The Hall–Kier alpha value is -1.02. The highest BCUT2D eigenvalue weighted by molar-refractivity contribution is 5.32. The normalized spacial score (nSPS) is 29.4. The predicted octanol–water partition coefficient (Wildman–Crippen LogP) is 3.85. The molecule has 2 nitrogen and oxygen atoms in total. The Balaban J connectivity index is 1.66. The van der Waals surface area contributed by atoms with Crippen LogP contribution in [0.1, 0.15) is 45.6 Å². The molecule has 3 heterocycles. The van der Waals surface area contributed by atoms with Gasteiger partial charge >= 0.3 is 0 Å². The summed E-state index contributed by atoms with van der Waals surface area (Å²) in [6.45, 7) is 11.5. The van der Waals surface area contributed by atoms with E-state index in [-0.39, 0.29) is 5.41 Å². The van der Waals surface area contributed by atoms with E-state index in [1.165, 1.54) is 44.5 Å². The standard InChI is InChI=1S/C18H27NO/c1-17(2,3)15-5-4-6-16(13-15)20-14-18-7-10-19(11-8-18)12-9-18/h4-6,13H,7-12,14H2,1-3H3. The van der Waals surface area contributed by atoms with E-state index in [1.807, 2.05) is 0 Å². The van der Waals surface area contributed by atoms with Crippen molar-refractivity contribution < 1.29 is 4.74 Å². The van der Waals surface area contributed by atoms with E-state index in [0.717, 1.165) is 12.4 Å². The highest BCUT2D eigenvalue weighted by atomic mass is 16.5. The maximum absolute atomic E-state index is 6.18. The average Bonchev–Trinajstić information content (AvgIpc) is 2.47. The predicted molar refractivity (Wildman–Crippen MR) is 83.4 cm³/mol. The second kappa shape index (κ2) is 5.07. The fourth-order valence-electron chi connectivity index (χ4n) is 3.40. The molecule has 3 saturated heterocycles. The molecule has 2 heteroatoms. The van der Waals surface area contributed by atoms with E-state index >= 15 is 0 Å². The molecule has 3 fully saturated rings. The lowest BCUT2D eigenvalue weighted by Crippen LogP contribution is -2.50. The highest BCUT2D eigenvalue weighted by Crippen LogP contribution is 2.40. The number of hydrogen-bond acceptors (Lipinski definition) is 2. The van der Waals surface area contributed by atoms with Crippen LogP contribution in [-0.2, 0) is 5.41 Å². The van der Waals surface area contributed by atoms with E-state index in [0.29, 0.717) is 5.41 Å². The van der Waals surface area contributed by atoms with Crippen LogP contribution in [0.2, 0.25) is 0 Å². The minimum absolute atomic E-state index is 0.188. The fraction of sp³-hybridized carbons (Fsp3) is 0.667.